The maximum Gasteiger partial charge on any atom is 0.325 e. The van der Waals surface area contributed by atoms with E-state index in [1.165, 1.54) is 6.20 Å². The second-order valence-corrected chi connectivity index (χ2v) is 11.6. The Morgan fingerprint density at radius 2 is 1.95 bits per heavy atom. The van der Waals surface area contributed by atoms with Gasteiger partial charge in [0.15, 0.2) is 11.9 Å². The summed E-state index contributed by atoms with van der Waals surface area (Å²) in [5.41, 5.74) is 2.53. The van der Waals surface area contributed by atoms with E-state index >= 15 is 0 Å². The number of ether oxygens (including phenoxy) is 2. The normalized spacial score (nSPS) is 27.7. The molecule has 212 valence electrons. The summed E-state index contributed by atoms with van der Waals surface area (Å²) in [5, 5.41) is 3.03. The number of hydrogen-bond acceptors (Lipinski definition) is 7. The van der Waals surface area contributed by atoms with E-state index in [-0.39, 0.29) is 17.7 Å². The van der Waals surface area contributed by atoms with E-state index in [0.717, 1.165) is 36.1 Å². The highest BCUT2D eigenvalue weighted by Gasteiger charge is 2.73. The zero-order valence-electron chi connectivity index (χ0n) is 23.0. The van der Waals surface area contributed by atoms with E-state index in [1.54, 1.807) is 7.11 Å². The number of carbonyl (C=O) groups excluding carboxylic acids is 2. The molecular weight excluding hydrogens is 524 g/mol. The van der Waals surface area contributed by atoms with Gasteiger partial charge in [0.1, 0.15) is 5.75 Å². The summed E-state index contributed by atoms with van der Waals surface area (Å²) >= 11 is 0. The van der Waals surface area contributed by atoms with Crippen molar-refractivity contribution in [2.24, 2.45) is 0 Å². The van der Waals surface area contributed by atoms with E-state index < -0.39 is 28.4 Å². The minimum absolute atomic E-state index is 0.0867. The third kappa shape index (κ3) is 3.56. The van der Waals surface area contributed by atoms with Crippen LogP contribution in [-0.4, -0.2) is 71.6 Å². The van der Waals surface area contributed by atoms with Crippen molar-refractivity contribution in [2.75, 3.05) is 27.2 Å². The predicted octanol–water partition coefficient (Wildman–Crippen LogP) is 1.71. The van der Waals surface area contributed by atoms with Crippen LogP contribution in [0.25, 0.3) is 11.1 Å². The maximum absolute atomic E-state index is 13.5. The van der Waals surface area contributed by atoms with E-state index in [4.69, 9.17) is 9.47 Å². The molecule has 2 fully saturated rings. The van der Waals surface area contributed by atoms with Crippen molar-refractivity contribution in [1.82, 2.24) is 20.2 Å². The molecule has 2 aliphatic heterocycles. The SMILES string of the molecule is CO[C@@]12CCC(=O)[C@H]3Oc4c(C(=O)NCCc5ccc(-c6c[nH]c(=O)[nH]c6=O)cc5)ccc5c4[C@]31CCN(C)[C@H]2C5. The van der Waals surface area contributed by atoms with Gasteiger partial charge in [-0.25, -0.2) is 4.79 Å². The monoisotopic (exact) mass is 556 g/mol. The fourth-order valence-corrected chi connectivity index (χ4v) is 8.01. The second-order valence-electron chi connectivity index (χ2n) is 11.6. The number of rotatable bonds is 6. The molecule has 2 aromatic carbocycles. The van der Waals surface area contributed by atoms with Gasteiger partial charge in [-0.05, 0) is 62.0 Å². The zero-order chi connectivity index (χ0) is 28.5. The van der Waals surface area contributed by atoms with Gasteiger partial charge in [-0.1, -0.05) is 30.3 Å². The number of aromatic nitrogens is 2. The van der Waals surface area contributed by atoms with E-state index in [1.807, 2.05) is 36.4 Å². The number of likely N-dealkylation sites (N-methyl/N-ethyl adjacent to an activating group) is 1. The highest BCUT2D eigenvalue weighted by atomic mass is 16.5. The number of nitrogens with zero attached hydrogens (tertiary/aromatic N) is 1. The number of likely N-dealkylation sites (tertiary alicyclic amines) is 1. The van der Waals surface area contributed by atoms with E-state index in [0.29, 0.717) is 48.2 Å². The predicted molar refractivity (Wildman–Crippen MR) is 150 cm³/mol. The molecule has 1 saturated carbocycles. The fraction of sp³-hybridized carbons (Fsp3) is 0.419. The second kappa shape index (κ2) is 9.25. The molecule has 10 heteroatoms. The van der Waals surface area contributed by atoms with Crippen LogP contribution in [0.1, 0.15) is 46.3 Å². The molecule has 1 aromatic heterocycles. The lowest BCUT2D eigenvalue weighted by Crippen LogP contribution is -2.76. The van der Waals surface area contributed by atoms with Crippen molar-refractivity contribution in [1.29, 1.82) is 0 Å². The van der Waals surface area contributed by atoms with Crippen LogP contribution in [0.5, 0.6) is 5.75 Å². The van der Waals surface area contributed by atoms with Crippen LogP contribution >= 0.6 is 0 Å². The first-order valence-corrected chi connectivity index (χ1v) is 14.1. The van der Waals surface area contributed by atoms with Gasteiger partial charge in [-0.2, -0.15) is 0 Å². The smallest absolute Gasteiger partial charge is 0.325 e. The lowest BCUT2D eigenvalue weighted by atomic mass is 9.49. The molecule has 4 aliphatic rings. The van der Waals surface area contributed by atoms with Crippen LogP contribution in [0, 0.1) is 0 Å². The molecule has 1 spiro atoms. The Hall–Kier alpha value is -4.02. The van der Waals surface area contributed by atoms with Crippen LogP contribution < -0.4 is 21.3 Å². The van der Waals surface area contributed by atoms with Crippen LogP contribution in [0.4, 0.5) is 0 Å². The molecule has 10 nitrogen and oxygen atoms in total. The average molecular weight is 557 g/mol. The topological polar surface area (TPSA) is 134 Å². The molecule has 0 unspecified atom stereocenters. The summed E-state index contributed by atoms with van der Waals surface area (Å²) in [6.07, 6.45) is 3.95. The van der Waals surface area contributed by atoms with Crippen LogP contribution in [0.2, 0.25) is 0 Å². The number of piperidine rings is 1. The highest BCUT2D eigenvalue weighted by Crippen LogP contribution is 2.64. The summed E-state index contributed by atoms with van der Waals surface area (Å²) < 4.78 is 12.9. The molecule has 7 rings (SSSR count). The number of ketones is 1. The molecular formula is C31H32N4O6. The summed E-state index contributed by atoms with van der Waals surface area (Å²) in [5.74, 6) is 0.392. The van der Waals surface area contributed by atoms with Crippen LogP contribution in [0.3, 0.4) is 0 Å². The minimum Gasteiger partial charge on any atom is -0.480 e. The molecule has 1 amide bonds. The van der Waals surface area contributed by atoms with Gasteiger partial charge < -0.3 is 24.7 Å². The fourth-order valence-electron chi connectivity index (χ4n) is 8.01. The third-order valence-corrected chi connectivity index (χ3v) is 9.90. The van der Waals surface area contributed by atoms with Crippen molar-refractivity contribution in [2.45, 2.75) is 55.3 Å². The molecule has 2 bridgehead atoms. The Bertz CT molecular complexity index is 1690. The summed E-state index contributed by atoms with van der Waals surface area (Å²) in [4.78, 5) is 57.2. The Morgan fingerprint density at radius 1 is 1.15 bits per heavy atom. The number of carbonyl (C=O) groups is 2. The Morgan fingerprint density at radius 3 is 2.71 bits per heavy atom. The van der Waals surface area contributed by atoms with Gasteiger partial charge >= 0.3 is 5.69 Å². The third-order valence-electron chi connectivity index (χ3n) is 9.90. The molecule has 0 radical (unpaired) electrons. The molecule has 4 atom stereocenters. The lowest BCUT2D eigenvalue weighted by molar-refractivity contribution is -0.198. The summed E-state index contributed by atoms with van der Waals surface area (Å²) in [6.45, 7) is 1.24. The summed E-state index contributed by atoms with van der Waals surface area (Å²) in [7, 11) is 3.88. The largest absolute Gasteiger partial charge is 0.480 e. The highest BCUT2D eigenvalue weighted by molar-refractivity contribution is 5.99. The molecule has 1 saturated heterocycles. The van der Waals surface area contributed by atoms with Crippen LogP contribution in [-0.2, 0) is 27.8 Å². The minimum atomic E-state index is -0.636. The average Bonchev–Trinajstić information content (AvgIpc) is 3.32. The number of aromatic amines is 2. The Balaban J connectivity index is 1.13. The standard InChI is InChI=1S/C31H32N4O6/c1-35-14-12-30-24-19-7-8-20(25(24)41-26(30)22(36)9-11-31(30,40-2)23(35)15-19)27(37)32-13-10-17-3-5-18(6-4-17)21-16-33-29(39)34-28(21)38/h3-8,16,23,26H,9-15H2,1-2H3,(H,32,37)(H2,33,34,38,39)/t23-,26+,30+,31+/m0/s1. The van der Waals surface area contributed by atoms with Gasteiger partial charge in [0.05, 0.1) is 22.1 Å². The number of amides is 1. The number of benzene rings is 2. The van der Waals surface area contributed by atoms with Gasteiger partial charge in [0.2, 0.25) is 0 Å². The first-order chi connectivity index (χ1) is 19.8. The van der Waals surface area contributed by atoms with Gasteiger partial charge in [0, 0.05) is 37.9 Å². The molecule has 3 N–H and O–H groups in total. The number of nitrogens with one attached hydrogen (secondary N) is 3. The number of Topliss-reactive ketones (excluding diaryl/α,β-unsaturated/α-hetero) is 1. The molecule has 41 heavy (non-hydrogen) atoms. The number of H-pyrrole nitrogens is 2. The molecule has 3 aromatic rings. The van der Waals surface area contributed by atoms with Gasteiger partial charge in [0.25, 0.3) is 11.5 Å². The number of methoxy groups -OCH3 is 1. The van der Waals surface area contributed by atoms with Crippen LogP contribution in [0.15, 0.2) is 52.2 Å². The van der Waals surface area contributed by atoms with Gasteiger partial charge in [-0.15, -0.1) is 0 Å². The molecule has 3 heterocycles. The Labute approximate surface area is 236 Å². The van der Waals surface area contributed by atoms with Crippen molar-refractivity contribution in [3.05, 3.63) is 85.7 Å². The lowest BCUT2D eigenvalue weighted by Gasteiger charge is -2.63. The van der Waals surface area contributed by atoms with Crippen molar-refractivity contribution in [3.8, 4) is 16.9 Å². The van der Waals surface area contributed by atoms with Crippen molar-refractivity contribution < 1.29 is 19.1 Å². The van der Waals surface area contributed by atoms with Crippen molar-refractivity contribution >= 4 is 11.7 Å². The van der Waals surface area contributed by atoms with E-state index in [9.17, 15) is 19.2 Å². The van der Waals surface area contributed by atoms with Crippen molar-refractivity contribution in [3.63, 3.8) is 0 Å². The zero-order valence-corrected chi connectivity index (χ0v) is 23.0. The number of hydrogen-bond donors (Lipinski definition) is 3. The summed E-state index contributed by atoms with van der Waals surface area (Å²) in [6, 6.07) is 11.4. The first kappa shape index (κ1) is 25.9. The molecule has 2 aliphatic carbocycles. The van der Waals surface area contributed by atoms with E-state index in [2.05, 4.69) is 27.2 Å². The van der Waals surface area contributed by atoms with Gasteiger partial charge in [-0.3, -0.25) is 19.4 Å². The maximum atomic E-state index is 13.5. The first-order valence-electron chi connectivity index (χ1n) is 14.1. The Kier molecular flexibility index (Phi) is 5.85. The quantitative estimate of drug-likeness (QED) is 0.421.